The molecule has 0 amide bonds. The summed E-state index contributed by atoms with van der Waals surface area (Å²) < 4.78 is 0. The van der Waals surface area contributed by atoms with Crippen LogP contribution >= 0.6 is 0 Å². The number of nitrogen functional groups attached to an aromatic ring is 1. The smallest absolute Gasteiger partial charge is 0.0547 e. The summed E-state index contributed by atoms with van der Waals surface area (Å²) in [6, 6.07) is 43.8. The van der Waals surface area contributed by atoms with Gasteiger partial charge in [0.1, 0.15) is 0 Å². The topological polar surface area (TPSA) is 42.2 Å². The molecule has 100 heavy (non-hydrogen) atoms. The van der Waals surface area contributed by atoms with E-state index < -0.39 is 0 Å². The molecule has 5 aromatic rings. The average Bonchev–Trinajstić information content (AvgIpc) is 0.756. The highest BCUT2D eigenvalue weighted by Crippen LogP contribution is 2.49. The number of rotatable bonds is 65. The van der Waals surface area contributed by atoms with Gasteiger partial charge in [0.15, 0.2) is 0 Å². The largest absolute Gasteiger partial charge is 0.398 e. The highest BCUT2D eigenvalue weighted by Gasteiger charge is 2.25. The molecule has 0 aromatic heterocycles. The van der Waals surface area contributed by atoms with E-state index in [4.69, 9.17) is 5.73 Å². The second kappa shape index (κ2) is 56.4. The van der Waals surface area contributed by atoms with Crippen molar-refractivity contribution in [3.63, 3.8) is 0 Å². The van der Waals surface area contributed by atoms with Gasteiger partial charge in [0, 0.05) is 103 Å². The molecular weight excluding hydrogens is 1210 g/mol. The molecular formula is C94H156N6. The van der Waals surface area contributed by atoms with E-state index >= 15 is 0 Å². The first-order valence-corrected chi connectivity index (χ1v) is 43.5. The fourth-order valence-corrected chi connectivity index (χ4v) is 15.3. The maximum atomic E-state index is 7.59. The molecule has 2 N–H and O–H groups in total. The second-order valence-electron chi connectivity index (χ2n) is 30.5. The predicted octanol–water partition coefficient (Wildman–Crippen LogP) is 30.2. The first kappa shape index (κ1) is 85.5. The normalized spacial score (nSPS) is 11.5. The number of hydrogen-bond donors (Lipinski definition) is 1. The van der Waals surface area contributed by atoms with Crippen LogP contribution < -0.4 is 30.2 Å². The van der Waals surface area contributed by atoms with E-state index in [2.05, 4.69) is 189 Å². The Balaban J connectivity index is 1.72. The van der Waals surface area contributed by atoms with Gasteiger partial charge < -0.3 is 30.2 Å². The molecule has 5 rings (SSSR count). The van der Waals surface area contributed by atoms with Gasteiger partial charge in [-0.2, -0.15) is 0 Å². The predicted molar refractivity (Wildman–Crippen MR) is 452 cm³/mol. The van der Waals surface area contributed by atoms with Crippen LogP contribution in [0.5, 0.6) is 0 Å². The van der Waals surface area contributed by atoms with Gasteiger partial charge in [-0.15, -0.1) is 0 Å². The maximum absolute atomic E-state index is 7.59. The fourth-order valence-electron chi connectivity index (χ4n) is 15.3. The van der Waals surface area contributed by atoms with Crippen LogP contribution in [0, 0.1) is 0 Å². The van der Waals surface area contributed by atoms with Gasteiger partial charge in [-0.3, -0.25) is 0 Å². The van der Waals surface area contributed by atoms with Crippen molar-refractivity contribution in [2.75, 3.05) is 82.6 Å². The van der Waals surface area contributed by atoms with Crippen LogP contribution in [0.1, 0.15) is 364 Å². The van der Waals surface area contributed by atoms with Crippen molar-refractivity contribution in [1.82, 2.24) is 0 Å². The zero-order valence-electron chi connectivity index (χ0n) is 66.8. The number of hydrogen-bond acceptors (Lipinski definition) is 6. The summed E-state index contributed by atoms with van der Waals surface area (Å²) >= 11 is 0. The van der Waals surface area contributed by atoms with Crippen LogP contribution in [0.15, 0.2) is 109 Å². The van der Waals surface area contributed by atoms with Crippen LogP contribution in [0.2, 0.25) is 0 Å². The van der Waals surface area contributed by atoms with E-state index in [0.29, 0.717) is 0 Å². The van der Waals surface area contributed by atoms with Crippen molar-refractivity contribution in [2.45, 2.75) is 364 Å². The standard InChI is InChI=1S/C94H156N6/c1-9-17-25-33-41-49-75-96(76-50-42-34-26-18-10-2)85-61-57-83(58-62-85)93-91(95)73-74-92(94(93)84-59-63-86(64-60-84)97(77-51-43-35-27-19-11-3)78-52-44-36-28-20-12-4)100(89-69-65-87(66-70-89)98(79-53-45-37-29-21-13-5)80-54-46-38-30-22-14-6)90-71-67-88(68-72-90)99(81-55-47-39-31-23-15-7)82-56-48-40-32-24-16-8/h57-74H,9-56,75-82,95H2,1-8H3. The molecule has 0 saturated carbocycles. The molecule has 0 bridgehead atoms. The molecule has 0 aliphatic rings. The monoisotopic (exact) mass is 1370 g/mol. The SMILES string of the molecule is CCCCCCCCN(CCCCCCCC)c1ccc(-c2c(N)ccc(N(c3ccc(N(CCCCCCCC)CCCCCCCC)cc3)c3ccc(N(CCCCCCCC)CCCCCCCC)cc3)c2-c2ccc(N(CCCCCCCC)CCCCCCCC)cc2)cc1. The summed E-state index contributed by atoms with van der Waals surface area (Å²) in [4.78, 5) is 13.5. The first-order chi connectivity index (χ1) is 49.3. The van der Waals surface area contributed by atoms with Crippen molar-refractivity contribution < 1.29 is 0 Å². The van der Waals surface area contributed by atoms with Gasteiger partial charge in [0.25, 0.3) is 0 Å². The van der Waals surface area contributed by atoms with Crippen LogP contribution in [0.4, 0.5) is 45.5 Å². The molecule has 0 heterocycles. The number of anilines is 8. The van der Waals surface area contributed by atoms with Crippen molar-refractivity contribution in [3.8, 4) is 22.3 Å². The van der Waals surface area contributed by atoms with Crippen LogP contribution in [-0.4, -0.2) is 52.4 Å². The average molecular weight is 1370 g/mol. The minimum Gasteiger partial charge on any atom is -0.398 e. The summed E-state index contributed by atoms with van der Waals surface area (Å²) in [5.41, 5.74) is 22.0. The molecule has 562 valence electrons. The van der Waals surface area contributed by atoms with Crippen LogP contribution in [0.25, 0.3) is 22.3 Å². The van der Waals surface area contributed by atoms with Crippen molar-refractivity contribution >= 4 is 45.5 Å². The first-order valence-electron chi connectivity index (χ1n) is 43.5. The number of nitrogens with two attached hydrogens (primary N) is 1. The zero-order chi connectivity index (χ0) is 71.1. The Kier molecular flexibility index (Phi) is 48.2. The van der Waals surface area contributed by atoms with E-state index in [1.165, 1.54) is 359 Å². The molecule has 0 saturated heterocycles. The molecule has 5 aromatic carbocycles. The van der Waals surface area contributed by atoms with Gasteiger partial charge >= 0.3 is 0 Å². The number of benzene rings is 5. The van der Waals surface area contributed by atoms with Gasteiger partial charge in [0.2, 0.25) is 0 Å². The molecule has 6 nitrogen and oxygen atoms in total. The molecule has 0 radical (unpaired) electrons. The fraction of sp³-hybridized carbons (Fsp3) is 0.681. The highest BCUT2D eigenvalue weighted by molar-refractivity contribution is 6.01. The lowest BCUT2D eigenvalue weighted by Gasteiger charge is -2.32. The summed E-state index contributed by atoms with van der Waals surface area (Å²) in [6.07, 6.45) is 63.1. The minimum atomic E-state index is 0.824. The van der Waals surface area contributed by atoms with Crippen LogP contribution in [-0.2, 0) is 0 Å². The third-order valence-corrected chi connectivity index (χ3v) is 21.7. The Morgan fingerprint density at radius 1 is 0.190 bits per heavy atom. The lowest BCUT2D eigenvalue weighted by Crippen LogP contribution is -2.26. The van der Waals surface area contributed by atoms with E-state index in [1.807, 2.05) is 0 Å². The summed E-state index contributed by atoms with van der Waals surface area (Å²) in [5, 5.41) is 0. The molecule has 0 spiro atoms. The second-order valence-corrected chi connectivity index (χ2v) is 30.5. The molecule has 0 aliphatic heterocycles. The quantitative estimate of drug-likeness (QED) is 0.0309. The minimum absolute atomic E-state index is 0.824. The highest BCUT2D eigenvalue weighted by atomic mass is 15.2. The third kappa shape index (κ3) is 34.0. The Hall–Kier alpha value is -5.10. The van der Waals surface area contributed by atoms with E-state index in [1.54, 1.807) is 0 Å². The van der Waals surface area contributed by atoms with Crippen molar-refractivity contribution in [3.05, 3.63) is 109 Å². The molecule has 0 atom stereocenters. The zero-order valence-corrected chi connectivity index (χ0v) is 66.8. The molecule has 0 aliphatic carbocycles. The van der Waals surface area contributed by atoms with Gasteiger partial charge in [-0.1, -0.05) is 336 Å². The Morgan fingerprint density at radius 3 is 0.590 bits per heavy atom. The number of nitrogens with zero attached hydrogens (tertiary/aromatic N) is 5. The summed E-state index contributed by atoms with van der Waals surface area (Å²) in [5.74, 6) is 0. The lowest BCUT2D eigenvalue weighted by molar-refractivity contribution is 0.575. The van der Waals surface area contributed by atoms with Gasteiger partial charge in [-0.05, 0) is 147 Å². The third-order valence-electron chi connectivity index (χ3n) is 21.7. The van der Waals surface area contributed by atoms with Crippen LogP contribution in [0.3, 0.4) is 0 Å². The van der Waals surface area contributed by atoms with E-state index in [-0.39, 0.29) is 0 Å². The van der Waals surface area contributed by atoms with Crippen molar-refractivity contribution in [1.29, 1.82) is 0 Å². The Labute approximate surface area is 619 Å². The number of unbranched alkanes of at least 4 members (excludes halogenated alkanes) is 40. The molecule has 0 fully saturated rings. The van der Waals surface area contributed by atoms with E-state index in [0.717, 1.165) is 69.3 Å². The summed E-state index contributed by atoms with van der Waals surface area (Å²) in [6.45, 7) is 27.6. The Morgan fingerprint density at radius 2 is 0.370 bits per heavy atom. The lowest BCUT2D eigenvalue weighted by atomic mass is 9.90. The molecule has 6 heteroatoms. The van der Waals surface area contributed by atoms with E-state index in [9.17, 15) is 0 Å². The van der Waals surface area contributed by atoms with Crippen molar-refractivity contribution in [2.24, 2.45) is 0 Å². The summed E-state index contributed by atoms with van der Waals surface area (Å²) in [7, 11) is 0. The van der Waals surface area contributed by atoms with Gasteiger partial charge in [0.05, 0.1) is 5.69 Å². The van der Waals surface area contributed by atoms with Gasteiger partial charge in [-0.25, -0.2) is 0 Å². The maximum Gasteiger partial charge on any atom is 0.0547 e. The Bertz CT molecular complexity index is 2540. The molecule has 0 unspecified atom stereocenters.